The zero-order chi connectivity index (χ0) is 14.6. The summed E-state index contributed by atoms with van der Waals surface area (Å²) < 4.78 is 32.3. The molecule has 2 aliphatic rings. The fourth-order valence-corrected chi connectivity index (χ4v) is 5.66. The lowest BCUT2D eigenvalue weighted by Gasteiger charge is -2.38. The van der Waals surface area contributed by atoms with Gasteiger partial charge in [-0.2, -0.15) is 4.31 Å². The van der Waals surface area contributed by atoms with Crippen LogP contribution in [0.5, 0.6) is 0 Å². The molecule has 1 aliphatic heterocycles. The predicted octanol–water partition coefficient (Wildman–Crippen LogP) is 1.76. The van der Waals surface area contributed by atoms with Gasteiger partial charge < -0.3 is 10.5 Å². The SMILES string of the molecule is COC1CCN(S(=O)(=O)CC2CCCCC2)C(CN)C1.Cl. The maximum absolute atomic E-state index is 12.6. The van der Waals surface area contributed by atoms with E-state index in [0.29, 0.717) is 24.8 Å². The predicted molar refractivity (Wildman–Crippen MR) is 87.2 cm³/mol. The number of hydrogen-bond donors (Lipinski definition) is 1. The molecule has 1 heterocycles. The van der Waals surface area contributed by atoms with Gasteiger partial charge in [-0.15, -0.1) is 12.4 Å². The van der Waals surface area contributed by atoms with E-state index in [1.807, 2.05) is 0 Å². The summed E-state index contributed by atoms with van der Waals surface area (Å²) in [6.45, 7) is 0.930. The topological polar surface area (TPSA) is 72.6 Å². The van der Waals surface area contributed by atoms with Gasteiger partial charge in [0.1, 0.15) is 0 Å². The molecular weight excluding hydrogens is 312 g/mol. The zero-order valence-electron chi connectivity index (χ0n) is 12.9. The van der Waals surface area contributed by atoms with E-state index < -0.39 is 10.0 Å². The molecule has 0 spiro atoms. The molecule has 0 aromatic heterocycles. The molecule has 0 amide bonds. The largest absolute Gasteiger partial charge is 0.381 e. The molecule has 2 atom stereocenters. The molecule has 2 N–H and O–H groups in total. The molecule has 2 unspecified atom stereocenters. The molecule has 1 saturated carbocycles. The highest BCUT2D eigenvalue weighted by Crippen LogP contribution is 2.28. The number of methoxy groups -OCH3 is 1. The van der Waals surface area contributed by atoms with Crippen molar-refractivity contribution in [1.82, 2.24) is 4.31 Å². The van der Waals surface area contributed by atoms with Crippen LogP contribution in [0.25, 0.3) is 0 Å². The molecule has 0 aromatic carbocycles. The molecular formula is C14H29ClN2O3S. The Labute approximate surface area is 135 Å². The fraction of sp³-hybridized carbons (Fsp3) is 1.00. The third-order valence-electron chi connectivity index (χ3n) is 4.75. The van der Waals surface area contributed by atoms with Crippen molar-refractivity contribution in [2.75, 3.05) is 26.0 Å². The summed E-state index contributed by atoms with van der Waals surface area (Å²) in [4.78, 5) is 0. The van der Waals surface area contributed by atoms with Crippen molar-refractivity contribution >= 4 is 22.4 Å². The molecule has 0 radical (unpaired) electrons. The van der Waals surface area contributed by atoms with Crippen molar-refractivity contribution in [3.05, 3.63) is 0 Å². The summed E-state index contributed by atoms with van der Waals surface area (Å²) in [5.74, 6) is 0.647. The minimum absolute atomic E-state index is 0. The number of rotatable bonds is 5. The van der Waals surface area contributed by atoms with Crippen molar-refractivity contribution in [3.8, 4) is 0 Å². The van der Waals surface area contributed by atoms with E-state index in [9.17, 15) is 8.42 Å². The third-order valence-corrected chi connectivity index (χ3v) is 6.84. The Hall–Kier alpha value is 0.120. The molecule has 21 heavy (non-hydrogen) atoms. The highest BCUT2D eigenvalue weighted by molar-refractivity contribution is 7.89. The molecule has 0 bridgehead atoms. The van der Waals surface area contributed by atoms with Crippen LogP contribution in [-0.2, 0) is 14.8 Å². The van der Waals surface area contributed by atoms with Gasteiger partial charge in [0.05, 0.1) is 11.9 Å². The lowest BCUT2D eigenvalue weighted by Crippen LogP contribution is -2.52. The van der Waals surface area contributed by atoms with Crippen LogP contribution in [0.4, 0.5) is 0 Å². The lowest BCUT2D eigenvalue weighted by molar-refractivity contribution is 0.0400. The minimum atomic E-state index is -3.18. The summed E-state index contributed by atoms with van der Waals surface area (Å²) in [6.07, 6.45) is 7.35. The van der Waals surface area contributed by atoms with Crippen molar-refractivity contribution < 1.29 is 13.2 Å². The Balaban J connectivity index is 0.00000220. The third kappa shape index (κ3) is 5.06. The van der Waals surface area contributed by atoms with Crippen molar-refractivity contribution in [2.45, 2.75) is 57.1 Å². The Kier molecular flexibility index (Phi) is 7.92. The van der Waals surface area contributed by atoms with Gasteiger partial charge in [-0.1, -0.05) is 19.3 Å². The molecule has 5 nitrogen and oxygen atoms in total. The Morgan fingerprint density at radius 3 is 2.43 bits per heavy atom. The van der Waals surface area contributed by atoms with Crippen molar-refractivity contribution in [3.63, 3.8) is 0 Å². The number of halogens is 1. The van der Waals surface area contributed by atoms with Crippen LogP contribution in [0.1, 0.15) is 44.9 Å². The smallest absolute Gasteiger partial charge is 0.214 e. The van der Waals surface area contributed by atoms with Crippen LogP contribution in [0.15, 0.2) is 0 Å². The lowest BCUT2D eigenvalue weighted by atomic mass is 9.91. The monoisotopic (exact) mass is 340 g/mol. The number of sulfonamides is 1. The van der Waals surface area contributed by atoms with Crippen molar-refractivity contribution in [1.29, 1.82) is 0 Å². The Bertz CT molecular complexity index is 399. The van der Waals surface area contributed by atoms with Crippen LogP contribution in [0, 0.1) is 5.92 Å². The summed E-state index contributed by atoms with van der Waals surface area (Å²) in [7, 11) is -1.49. The van der Waals surface area contributed by atoms with Gasteiger partial charge >= 0.3 is 0 Å². The van der Waals surface area contributed by atoms with Gasteiger partial charge in [-0.3, -0.25) is 0 Å². The first-order valence-electron chi connectivity index (χ1n) is 7.79. The zero-order valence-corrected chi connectivity index (χ0v) is 14.5. The number of piperidine rings is 1. The average Bonchev–Trinajstić information content (AvgIpc) is 2.47. The Morgan fingerprint density at radius 2 is 1.86 bits per heavy atom. The van der Waals surface area contributed by atoms with Crippen LogP contribution in [0.2, 0.25) is 0 Å². The first-order valence-corrected chi connectivity index (χ1v) is 9.40. The standard InChI is InChI=1S/C14H28N2O3S.ClH/c1-19-14-7-8-16(13(9-14)10-15)20(17,18)11-12-5-3-2-4-6-12;/h12-14H,2-11,15H2,1H3;1H. The Morgan fingerprint density at radius 1 is 1.19 bits per heavy atom. The molecule has 2 rings (SSSR count). The number of nitrogens with two attached hydrogens (primary N) is 1. The normalized spacial score (nSPS) is 29.0. The molecule has 1 saturated heterocycles. The second kappa shape index (κ2) is 8.67. The summed E-state index contributed by atoms with van der Waals surface area (Å²) in [5, 5.41) is 0. The molecule has 2 fully saturated rings. The molecule has 7 heteroatoms. The van der Waals surface area contributed by atoms with Crippen LogP contribution < -0.4 is 5.73 Å². The maximum Gasteiger partial charge on any atom is 0.214 e. The minimum Gasteiger partial charge on any atom is -0.381 e. The van der Waals surface area contributed by atoms with Crippen LogP contribution in [-0.4, -0.2) is 50.8 Å². The summed E-state index contributed by atoms with van der Waals surface area (Å²) in [6, 6.07) is -0.0951. The van der Waals surface area contributed by atoms with E-state index in [4.69, 9.17) is 10.5 Å². The second-order valence-corrected chi connectivity index (χ2v) is 8.13. The van der Waals surface area contributed by atoms with Gasteiger partial charge in [0.2, 0.25) is 10.0 Å². The van der Waals surface area contributed by atoms with E-state index in [0.717, 1.165) is 25.7 Å². The van der Waals surface area contributed by atoms with E-state index in [2.05, 4.69) is 0 Å². The fourth-order valence-electron chi connectivity index (χ4n) is 3.53. The average molecular weight is 341 g/mol. The van der Waals surface area contributed by atoms with Gasteiger partial charge in [-0.25, -0.2) is 8.42 Å². The van der Waals surface area contributed by atoms with Gasteiger partial charge in [0, 0.05) is 26.2 Å². The van der Waals surface area contributed by atoms with E-state index >= 15 is 0 Å². The maximum atomic E-state index is 12.6. The summed E-state index contributed by atoms with van der Waals surface area (Å²) >= 11 is 0. The molecule has 0 aromatic rings. The van der Waals surface area contributed by atoms with Gasteiger partial charge in [0.25, 0.3) is 0 Å². The second-order valence-electron chi connectivity index (χ2n) is 6.16. The summed E-state index contributed by atoms with van der Waals surface area (Å²) in [5.41, 5.74) is 5.78. The van der Waals surface area contributed by atoms with Gasteiger partial charge in [-0.05, 0) is 31.6 Å². The van der Waals surface area contributed by atoms with E-state index in [1.165, 1.54) is 19.3 Å². The van der Waals surface area contributed by atoms with E-state index in [-0.39, 0.29) is 24.6 Å². The highest BCUT2D eigenvalue weighted by Gasteiger charge is 2.36. The number of hydrogen-bond acceptors (Lipinski definition) is 4. The first-order chi connectivity index (χ1) is 9.56. The number of nitrogens with zero attached hydrogens (tertiary/aromatic N) is 1. The van der Waals surface area contributed by atoms with E-state index in [1.54, 1.807) is 11.4 Å². The highest BCUT2D eigenvalue weighted by atomic mass is 35.5. The van der Waals surface area contributed by atoms with Crippen LogP contribution in [0.3, 0.4) is 0 Å². The number of ether oxygens (including phenoxy) is 1. The quantitative estimate of drug-likeness (QED) is 0.827. The van der Waals surface area contributed by atoms with Crippen molar-refractivity contribution in [2.24, 2.45) is 11.7 Å². The molecule has 1 aliphatic carbocycles. The van der Waals surface area contributed by atoms with Gasteiger partial charge in [0.15, 0.2) is 0 Å². The van der Waals surface area contributed by atoms with Crippen LogP contribution >= 0.6 is 12.4 Å². The molecule has 126 valence electrons. The first kappa shape index (κ1) is 19.2.